The van der Waals surface area contributed by atoms with Crippen molar-refractivity contribution < 1.29 is 4.79 Å². The zero-order chi connectivity index (χ0) is 15.5. The first kappa shape index (κ1) is 14.2. The summed E-state index contributed by atoms with van der Waals surface area (Å²) in [6.07, 6.45) is 2.08. The Labute approximate surface area is 132 Å². The number of rotatable bonds is 3. The van der Waals surface area contributed by atoms with Gasteiger partial charge in [0.1, 0.15) is 0 Å². The predicted molar refractivity (Wildman–Crippen MR) is 86.8 cm³/mol. The molecule has 1 aromatic heterocycles. The molecule has 0 fully saturated rings. The van der Waals surface area contributed by atoms with Crippen LogP contribution in [0.4, 0.5) is 5.69 Å². The SMILES string of the molecule is N#Cc1ccc(NC(=O)Cc2c[nH]c3cc(Cl)ccc23)cc1. The molecule has 0 aliphatic carbocycles. The Balaban J connectivity index is 1.74. The van der Waals surface area contributed by atoms with E-state index in [0.29, 0.717) is 16.3 Å². The second kappa shape index (κ2) is 5.92. The number of fused-ring (bicyclic) bond motifs is 1. The number of hydrogen-bond acceptors (Lipinski definition) is 2. The van der Waals surface area contributed by atoms with Crippen molar-refractivity contribution in [2.24, 2.45) is 0 Å². The van der Waals surface area contributed by atoms with E-state index in [1.807, 2.05) is 24.4 Å². The van der Waals surface area contributed by atoms with Crippen LogP contribution in [0.15, 0.2) is 48.7 Å². The molecule has 0 bridgehead atoms. The van der Waals surface area contributed by atoms with Crippen molar-refractivity contribution in [2.75, 3.05) is 5.32 Å². The first-order chi connectivity index (χ1) is 10.7. The minimum absolute atomic E-state index is 0.111. The monoisotopic (exact) mass is 309 g/mol. The lowest BCUT2D eigenvalue weighted by Gasteiger charge is -2.04. The van der Waals surface area contributed by atoms with Gasteiger partial charge in [0.25, 0.3) is 0 Å². The minimum atomic E-state index is -0.111. The number of aromatic amines is 1. The summed E-state index contributed by atoms with van der Waals surface area (Å²) in [7, 11) is 0. The normalized spacial score (nSPS) is 10.4. The second-order valence-corrected chi connectivity index (χ2v) is 5.35. The topological polar surface area (TPSA) is 68.7 Å². The number of H-pyrrole nitrogens is 1. The number of carbonyl (C=O) groups is 1. The Bertz CT molecular complexity index is 875. The highest BCUT2D eigenvalue weighted by Gasteiger charge is 2.09. The Kier molecular flexibility index (Phi) is 3.82. The molecule has 2 N–H and O–H groups in total. The van der Waals surface area contributed by atoms with E-state index >= 15 is 0 Å². The minimum Gasteiger partial charge on any atom is -0.361 e. The first-order valence-corrected chi connectivity index (χ1v) is 7.09. The van der Waals surface area contributed by atoms with E-state index < -0.39 is 0 Å². The van der Waals surface area contributed by atoms with Gasteiger partial charge in [0.15, 0.2) is 0 Å². The summed E-state index contributed by atoms with van der Waals surface area (Å²) in [6.45, 7) is 0. The van der Waals surface area contributed by atoms with Gasteiger partial charge in [0.2, 0.25) is 5.91 Å². The number of nitriles is 1. The molecule has 1 heterocycles. The van der Waals surface area contributed by atoms with Crippen LogP contribution in [0, 0.1) is 11.3 Å². The molecular weight excluding hydrogens is 298 g/mol. The van der Waals surface area contributed by atoms with Crippen LogP contribution in [0.1, 0.15) is 11.1 Å². The first-order valence-electron chi connectivity index (χ1n) is 6.71. The van der Waals surface area contributed by atoms with E-state index in [1.54, 1.807) is 30.3 Å². The highest BCUT2D eigenvalue weighted by molar-refractivity contribution is 6.31. The molecule has 0 saturated heterocycles. The van der Waals surface area contributed by atoms with E-state index in [9.17, 15) is 4.79 Å². The summed E-state index contributed by atoms with van der Waals surface area (Å²) in [6, 6.07) is 14.3. The van der Waals surface area contributed by atoms with Crippen LogP contribution in [-0.4, -0.2) is 10.9 Å². The number of hydrogen-bond donors (Lipinski definition) is 2. The summed E-state index contributed by atoms with van der Waals surface area (Å²) in [5, 5.41) is 13.2. The Hall–Kier alpha value is -2.77. The van der Waals surface area contributed by atoms with Gasteiger partial charge in [-0.1, -0.05) is 17.7 Å². The van der Waals surface area contributed by atoms with Crippen LogP contribution in [0.25, 0.3) is 10.9 Å². The molecule has 0 aliphatic heterocycles. The zero-order valence-electron chi connectivity index (χ0n) is 11.6. The lowest BCUT2D eigenvalue weighted by atomic mass is 10.1. The smallest absolute Gasteiger partial charge is 0.228 e. The zero-order valence-corrected chi connectivity index (χ0v) is 12.3. The van der Waals surface area contributed by atoms with Crippen molar-refractivity contribution in [1.29, 1.82) is 5.26 Å². The van der Waals surface area contributed by atoms with E-state index in [4.69, 9.17) is 16.9 Å². The van der Waals surface area contributed by atoms with Gasteiger partial charge in [-0.3, -0.25) is 4.79 Å². The van der Waals surface area contributed by atoms with Crippen molar-refractivity contribution in [2.45, 2.75) is 6.42 Å². The molecule has 0 unspecified atom stereocenters. The van der Waals surface area contributed by atoms with Crippen LogP contribution in [0.3, 0.4) is 0 Å². The number of benzene rings is 2. The third kappa shape index (κ3) is 2.95. The van der Waals surface area contributed by atoms with Gasteiger partial charge in [-0.2, -0.15) is 5.26 Å². The molecule has 3 rings (SSSR count). The molecule has 2 aromatic carbocycles. The van der Waals surface area contributed by atoms with Gasteiger partial charge in [-0.15, -0.1) is 0 Å². The fourth-order valence-corrected chi connectivity index (χ4v) is 2.48. The maximum Gasteiger partial charge on any atom is 0.228 e. The quantitative estimate of drug-likeness (QED) is 0.771. The maximum atomic E-state index is 12.1. The Morgan fingerprint density at radius 1 is 1.23 bits per heavy atom. The van der Waals surface area contributed by atoms with Crippen LogP contribution in [0.5, 0.6) is 0 Å². The molecule has 5 heteroatoms. The molecule has 0 radical (unpaired) electrons. The van der Waals surface area contributed by atoms with E-state index in [-0.39, 0.29) is 12.3 Å². The third-order valence-corrected chi connectivity index (χ3v) is 3.61. The van der Waals surface area contributed by atoms with Gasteiger partial charge in [-0.25, -0.2) is 0 Å². The summed E-state index contributed by atoms with van der Waals surface area (Å²) in [5.41, 5.74) is 3.06. The molecule has 1 amide bonds. The molecule has 4 nitrogen and oxygen atoms in total. The molecule has 0 atom stereocenters. The van der Waals surface area contributed by atoms with Gasteiger partial charge in [0, 0.05) is 27.8 Å². The van der Waals surface area contributed by atoms with Crippen molar-refractivity contribution in [1.82, 2.24) is 4.98 Å². The lowest BCUT2D eigenvalue weighted by Crippen LogP contribution is -2.14. The van der Waals surface area contributed by atoms with Crippen molar-refractivity contribution >= 4 is 34.1 Å². The van der Waals surface area contributed by atoms with Gasteiger partial charge >= 0.3 is 0 Å². The average Bonchev–Trinajstić information content (AvgIpc) is 2.90. The molecule has 108 valence electrons. The molecular formula is C17H12ClN3O. The summed E-state index contributed by atoms with van der Waals surface area (Å²) in [4.78, 5) is 15.2. The molecule has 3 aromatic rings. The van der Waals surface area contributed by atoms with Crippen molar-refractivity contribution in [3.05, 3.63) is 64.8 Å². The number of amides is 1. The molecule has 0 aliphatic rings. The van der Waals surface area contributed by atoms with Gasteiger partial charge in [0.05, 0.1) is 18.1 Å². The second-order valence-electron chi connectivity index (χ2n) is 4.92. The Morgan fingerprint density at radius 3 is 2.73 bits per heavy atom. The van der Waals surface area contributed by atoms with Gasteiger partial charge < -0.3 is 10.3 Å². The molecule has 0 saturated carbocycles. The maximum absolute atomic E-state index is 12.1. The van der Waals surface area contributed by atoms with E-state index in [1.165, 1.54) is 0 Å². The third-order valence-electron chi connectivity index (χ3n) is 3.38. The van der Waals surface area contributed by atoms with Crippen LogP contribution < -0.4 is 5.32 Å². The number of halogens is 1. The largest absolute Gasteiger partial charge is 0.361 e. The van der Waals surface area contributed by atoms with E-state index in [2.05, 4.69) is 10.3 Å². The average molecular weight is 310 g/mol. The van der Waals surface area contributed by atoms with E-state index in [0.717, 1.165) is 16.5 Å². The number of aromatic nitrogens is 1. The van der Waals surface area contributed by atoms with Crippen molar-refractivity contribution in [3.63, 3.8) is 0 Å². The summed E-state index contributed by atoms with van der Waals surface area (Å²) in [5.74, 6) is -0.111. The van der Waals surface area contributed by atoms with Gasteiger partial charge in [-0.05, 0) is 42.0 Å². The van der Waals surface area contributed by atoms with Crippen LogP contribution in [0.2, 0.25) is 5.02 Å². The molecule has 22 heavy (non-hydrogen) atoms. The van der Waals surface area contributed by atoms with Crippen molar-refractivity contribution in [3.8, 4) is 6.07 Å². The fourth-order valence-electron chi connectivity index (χ4n) is 2.31. The number of anilines is 1. The Morgan fingerprint density at radius 2 is 2.00 bits per heavy atom. The van der Waals surface area contributed by atoms with Crippen LogP contribution in [-0.2, 0) is 11.2 Å². The number of nitrogens with zero attached hydrogens (tertiary/aromatic N) is 1. The summed E-state index contributed by atoms with van der Waals surface area (Å²) < 4.78 is 0. The number of carbonyl (C=O) groups excluding carboxylic acids is 1. The highest BCUT2D eigenvalue weighted by atomic mass is 35.5. The fraction of sp³-hybridized carbons (Fsp3) is 0.0588. The standard InChI is InChI=1S/C17H12ClN3O/c18-13-3-6-15-12(10-20-16(15)8-13)7-17(22)21-14-4-1-11(9-19)2-5-14/h1-6,8,10,20H,7H2,(H,21,22). The van der Waals surface area contributed by atoms with Crippen LogP contribution >= 0.6 is 11.6 Å². The predicted octanol–water partition coefficient (Wildman–Crippen LogP) is 3.87. The molecule has 0 spiro atoms. The summed E-state index contributed by atoms with van der Waals surface area (Å²) >= 11 is 5.94. The number of nitrogens with one attached hydrogen (secondary N) is 2. The highest BCUT2D eigenvalue weighted by Crippen LogP contribution is 2.22. The lowest BCUT2D eigenvalue weighted by molar-refractivity contribution is -0.115.